The van der Waals surface area contributed by atoms with Crippen LogP contribution in [0.5, 0.6) is 5.75 Å². The first-order chi connectivity index (χ1) is 10.0. The molecule has 0 aliphatic rings. The monoisotopic (exact) mass is 293 g/mol. The topological polar surface area (TPSA) is 47.6 Å². The van der Waals surface area contributed by atoms with Gasteiger partial charge in [0, 0.05) is 5.54 Å². The number of carbonyl (C=O) groups excluding carboxylic acids is 1. The third kappa shape index (κ3) is 6.17. The van der Waals surface area contributed by atoms with Gasteiger partial charge in [0.2, 0.25) is 0 Å². The van der Waals surface area contributed by atoms with E-state index in [1.54, 1.807) is 7.11 Å². The molecule has 0 aromatic heterocycles. The standard InChI is InChI=1S/C17H27NO3/c1-5-11-18-17(3,13-16(19)21-6-2)12-14-7-9-15(20-4)10-8-14/h7-10,18H,5-6,11-13H2,1-4H3. The van der Waals surface area contributed by atoms with Gasteiger partial charge < -0.3 is 14.8 Å². The molecule has 0 amide bonds. The van der Waals surface area contributed by atoms with Crippen LogP contribution in [-0.2, 0) is 16.0 Å². The highest BCUT2D eigenvalue weighted by molar-refractivity contribution is 5.71. The minimum atomic E-state index is -0.295. The number of methoxy groups -OCH3 is 1. The van der Waals surface area contributed by atoms with Gasteiger partial charge >= 0.3 is 5.97 Å². The van der Waals surface area contributed by atoms with Crippen LogP contribution in [0.4, 0.5) is 0 Å². The van der Waals surface area contributed by atoms with Crippen LogP contribution in [0.3, 0.4) is 0 Å². The van der Waals surface area contributed by atoms with E-state index in [4.69, 9.17) is 9.47 Å². The Morgan fingerprint density at radius 2 is 1.90 bits per heavy atom. The highest BCUT2D eigenvalue weighted by Gasteiger charge is 2.27. The SMILES string of the molecule is CCCNC(C)(CC(=O)OCC)Cc1ccc(OC)cc1. The summed E-state index contributed by atoms with van der Waals surface area (Å²) in [5, 5.41) is 3.48. The number of nitrogens with one attached hydrogen (secondary N) is 1. The molecule has 0 heterocycles. The zero-order valence-corrected chi connectivity index (χ0v) is 13.6. The molecule has 1 rings (SSSR count). The van der Waals surface area contributed by atoms with E-state index in [0.717, 1.165) is 25.1 Å². The lowest BCUT2D eigenvalue weighted by atomic mass is 9.89. The minimum absolute atomic E-state index is 0.155. The Morgan fingerprint density at radius 1 is 1.24 bits per heavy atom. The van der Waals surface area contributed by atoms with E-state index >= 15 is 0 Å². The van der Waals surface area contributed by atoms with Crippen LogP contribution >= 0.6 is 0 Å². The molecule has 1 aromatic rings. The van der Waals surface area contributed by atoms with E-state index in [-0.39, 0.29) is 11.5 Å². The summed E-state index contributed by atoms with van der Waals surface area (Å²) in [6.45, 7) is 7.32. The fraction of sp³-hybridized carbons (Fsp3) is 0.588. The molecular formula is C17H27NO3. The molecule has 4 nitrogen and oxygen atoms in total. The van der Waals surface area contributed by atoms with Gasteiger partial charge in [-0.1, -0.05) is 19.1 Å². The molecular weight excluding hydrogens is 266 g/mol. The van der Waals surface area contributed by atoms with Crippen molar-refractivity contribution >= 4 is 5.97 Å². The van der Waals surface area contributed by atoms with Gasteiger partial charge in [0.25, 0.3) is 0 Å². The quantitative estimate of drug-likeness (QED) is 0.711. The van der Waals surface area contributed by atoms with Crippen LogP contribution in [0.1, 0.15) is 39.2 Å². The third-order valence-electron chi connectivity index (χ3n) is 3.39. The van der Waals surface area contributed by atoms with Crippen molar-refractivity contribution in [2.75, 3.05) is 20.3 Å². The second-order valence-corrected chi connectivity index (χ2v) is 5.49. The molecule has 0 spiro atoms. The van der Waals surface area contributed by atoms with E-state index in [1.807, 2.05) is 31.2 Å². The molecule has 0 fully saturated rings. The van der Waals surface area contributed by atoms with Gasteiger partial charge in [0.15, 0.2) is 0 Å². The molecule has 118 valence electrons. The average molecular weight is 293 g/mol. The number of rotatable bonds is 9. The summed E-state index contributed by atoms with van der Waals surface area (Å²) in [5.41, 5.74) is 0.878. The number of esters is 1. The first-order valence-electron chi connectivity index (χ1n) is 7.56. The highest BCUT2D eigenvalue weighted by atomic mass is 16.5. The maximum Gasteiger partial charge on any atom is 0.307 e. The molecule has 0 aliphatic heterocycles. The molecule has 0 saturated heterocycles. The number of carbonyl (C=O) groups is 1. The average Bonchev–Trinajstić information content (AvgIpc) is 2.46. The fourth-order valence-electron chi connectivity index (χ4n) is 2.34. The first kappa shape index (κ1) is 17.5. The molecule has 1 unspecified atom stereocenters. The fourth-order valence-corrected chi connectivity index (χ4v) is 2.34. The van der Waals surface area contributed by atoms with Gasteiger partial charge in [-0.25, -0.2) is 0 Å². The van der Waals surface area contributed by atoms with E-state index in [0.29, 0.717) is 13.0 Å². The maximum absolute atomic E-state index is 11.8. The smallest absolute Gasteiger partial charge is 0.307 e. The van der Waals surface area contributed by atoms with E-state index < -0.39 is 0 Å². The number of benzene rings is 1. The van der Waals surface area contributed by atoms with Crippen molar-refractivity contribution in [1.29, 1.82) is 0 Å². The van der Waals surface area contributed by atoms with Gasteiger partial charge in [0.1, 0.15) is 5.75 Å². The first-order valence-corrected chi connectivity index (χ1v) is 7.56. The van der Waals surface area contributed by atoms with E-state index in [2.05, 4.69) is 19.2 Å². The molecule has 1 aromatic carbocycles. The lowest BCUT2D eigenvalue weighted by Crippen LogP contribution is -2.46. The third-order valence-corrected chi connectivity index (χ3v) is 3.39. The van der Waals surface area contributed by atoms with Crippen LogP contribution in [0.25, 0.3) is 0 Å². The zero-order valence-electron chi connectivity index (χ0n) is 13.6. The summed E-state index contributed by atoms with van der Waals surface area (Å²) >= 11 is 0. The van der Waals surface area contributed by atoms with Crippen molar-refractivity contribution in [3.8, 4) is 5.75 Å². The summed E-state index contributed by atoms with van der Waals surface area (Å²) in [5.74, 6) is 0.685. The Kier molecular flexibility index (Phi) is 7.23. The lowest BCUT2D eigenvalue weighted by Gasteiger charge is -2.30. The predicted octanol–water partition coefficient (Wildman–Crippen LogP) is 2.95. The molecule has 0 bridgehead atoms. The summed E-state index contributed by atoms with van der Waals surface area (Å²) in [7, 11) is 1.66. The molecule has 0 aliphatic carbocycles. The Balaban J connectivity index is 2.77. The van der Waals surface area contributed by atoms with Crippen molar-refractivity contribution in [2.45, 2.75) is 45.6 Å². The zero-order chi connectivity index (χ0) is 15.7. The van der Waals surface area contributed by atoms with Crippen molar-refractivity contribution in [3.05, 3.63) is 29.8 Å². The Labute approximate surface area is 127 Å². The van der Waals surface area contributed by atoms with Crippen LogP contribution < -0.4 is 10.1 Å². The summed E-state index contributed by atoms with van der Waals surface area (Å²) < 4.78 is 10.3. The normalized spacial score (nSPS) is 13.5. The van der Waals surface area contributed by atoms with E-state index in [1.165, 1.54) is 5.56 Å². The van der Waals surface area contributed by atoms with Crippen molar-refractivity contribution < 1.29 is 14.3 Å². The molecule has 4 heteroatoms. The number of ether oxygens (including phenoxy) is 2. The second-order valence-electron chi connectivity index (χ2n) is 5.49. The Morgan fingerprint density at radius 3 is 2.43 bits per heavy atom. The van der Waals surface area contributed by atoms with Crippen LogP contribution in [0.2, 0.25) is 0 Å². The number of hydrogen-bond donors (Lipinski definition) is 1. The van der Waals surface area contributed by atoms with Crippen LogP contribution in [0, 0.1) is 0 Å². The highest BCUT2D eigenvalue weighted by Crippen LogP contribution is 2.20. The lowest BCUT2D eigenvalue weighted by molar-refractivity contribution is -0.144. The Bertz CT molecular complexity index is 430. The van der Waals surface area contributed by atoms with Gasteiger partial charge in [-0.05, 0) is 50.9 Å². The van der Waals surface area contributed by atoms with Gasteiger partial charge in [0.05, 0.1) is 20.1 Å². The molecule has 0 radical (unpaired) electrons. The van der Waals surface area contributed by atoms with Crippen LogP contribution in [-0.4, -0.2) is 31.8 Å². The molecule has 1 atom stereocenters. The van der Waals surface area contributed by atoms with Crippen molar-refractivity contribution in [1.82, 2.24) is 5.32 Å². The number of hydrogen-bond acceptors (Lipinski definition) is 4. The van der Waals surface area contributed by atoms with Gasteiger partial charge in [-0.2, -0.15) is 0 Å². The summed E-state index contributed by atoms with van der Waals surface area (Å²) in [4.78, 5) is 11.8. The summed E-state index contributed by atoms with van der Waals surface area (Å²) in [6.07, 6.45) is 2.17. The van der Waals surface area contributed by atoms with Crippen molar-refractivity contribution in [2.24, 2.45) is 0 Å². The Hall–Kier alpha value is -1.55. The van der Waals surface area contributed by atoms with E-state index in [9.17, 15) is 4.79 Å². The van der Waals surface area contributed by atoms with Crippen LogP contribution in [0.15, 0.2) is 24.3 Å². The predicted molar refractivity (Wildman–Crippen MR) is 84.6 cm³/mol. The van der Waals surface area contributed by atoms with Gasteiger partial charge in [-0.3, -0.25) is 4.79 Å². The second kappa shape index (κ2) is 8.67. The largest absolute Gasteiger partial charge is 0.497 e. The molecule has 21 heavy (non-hydrogen) atoms. The summed E-state index contributed by atoms with van der Waals surface area (Å²) in [6, 6.07) is 7.96. The van der Waals surface area contributed by atoms with Gasteiger partial charge in [-0.15, -0.1) is 0 Å². The van der Waals surface area contributed by atoms with Crippen molar-refractivity contribution in [3.63, 3.8) is 0 Å². The molecule has 0 saturated carbocycles. The maximum atomic E-state index is 11.8. The molecule has 1 N–H and O–H groups in total. The minimum Gasteiger partial charge on any atom is -0.497 e.